The fraction of sp³-hybridized carbons (Fsp3) is 0.556. The first-order valence-electron chi connectivity index (χ1n) is 4.10. The van der Waals surface area contributed by atoms with E-state index in [0.29, 0.717) is 5.41 Å². The Morgan fingerprint density at radius 1 is 1.38 bits per heavy atom. The van der Waals surface area contributed by atoms with Crippen LogP contribution in [0.25, 0.3) is 0 Å². The van der Waals surface area contributed by atoms with Crippen LogP contribution < -0.4 is 0 Å². The Hall–Kier alpha value is -0.0900. The van der Waals surface area contributed by atoms with Crippen molar-refractivity contribution >= 4 is 27.7 Å². The standard InChI is InChI=1S/C9H13BrN2S/c1-9(2,6-10)7-13-8-11-4-3-5-12-8/h3-5H,6-7H2,1-2H3. The third kappa shape index (κ3) is 4.09. The molecule has 0 saturated heterocycles. The Morgan fingerprint density at radius 3 is 2.54 bits per heavy atom. The number of alkyl halides is 1. The van der Waals surface area contributed by atoms with Gasteiger partial charge >= 0.3 is 0 Å². The normalized spacial score (nSPS) is 11.6. The monoisotopic (exact) mass is 260 g/mol. The predicted molar refractivity (Wildman–Crippen MR) is 60.3 cm³/mol. The largest absolute Gasteiger partial charge is 0.231 e. The van der Waals surface area contributed by atoms with Crippen LogP contribution in [0.1, 0.15) is 13.8 Å². The lowest BCUT2D eigenvalue weighted by molar-refractivity contribution is 0.495. The molecule has 1 aromatic heterocycles. The first kappa shape index (κ1) is 11.0. The number of hydrogen-bond acceptors (Lipinski definition) is 3. The zero-order chi connectivity index (χ0) is 9.73. The number of hydrogen-bond donors (Lipinski definition) is 0. The molecule has 0 amide bonds. The summed E-state index contributed by atoms with van der Waals surface area (Å²) in [6.07, 6.45) is 3.55. The molecule has 2 nitrogen and oxygen atoms in total. The van der Waals surface area contributed by atoms with Gasteiger partial charge in [0.25, 0.3) is 0 Å². The SMILES string of the molecule is CC(C)(CBr)CSc1ncccn1. The van der Waals surface area contributed by atoms with Gasteiger partial charge < -0.3 is 0 Å². The Kier molecular flexibility index (Phi) is 4.19. The van der Waals surface area contributed by atoms with E-state index < -0.39 is 0 Å². The van der Waals surface area contributed by atoms with Gasteiger partial charge in [-0.3, -0.25) is 0 Å². The van der Waals surface area contributed by atoms with E-state index in [9.17, 15) is 0 Å². The molecular weight excluding hydrogens is 248 g/mol. The summed E-state index contributed by atoms with van der Waals surface area (Å²) < 4.78 is 0. The number of aromatic nitrogens is 2. The molecule has 0 saturated carbocycles. The van der Waals surface area contributed by atoms with Crippen molar-refractivity contribution in [2.45, 2.75) is 19.0 Å². The van der Waals surface area contributed by atoms with Crippen molar-refractivity contribution in [2.75, 3.05) is 11.1 Å². The lowest BCUT2D eigenvalue weighted by Gasteiger charge is -2.19. The van der Waals surface area contributed by atoms with Crippen molar-refractivity contribution in [3.05, 3.63) is 18.5 Å². The maximum absolute atomic E-state index is 4.15. The third-order valence-electron chi connectivity index (χ3n) is 1.50. The summed E-state index contributed by atoms with van der Waals surface area (Å²) in [5.41, 5.74) is 0.296. The van der Waals surface area contributed by atoms with Crippen LogP contribution in [-0.4, -0.2) is 21.1 Å². The average Bonchev–Trinajstić information content (AvgIpc) is 2.17. The van der Waals surface area contributed by atoms with E-state index in [2.05, 4.69) is 39.7 Å². The van der Waals surface area contributed by atoms with Crippen LogP contribution in [0.4, 0.5) is 0 Å². The molecule has 0 radical (unpaired) electrons. The van der Waals surface area contributed by atoms with E-state index in [4.69, 9.17) is 0 Å². The molecule has 72 valence electrons. The quantitative estimate of drug-likeness (QED) is 0.473. The van der Waals surface area contributed by atoms with E-state index in [1.165, 1.54) is 0 Å². The summed E-state index contributed by atoms with van der Waals surface area (Å²) >= 11 is 5.19. The molecule has 0 spiro atoms. The van der Waals surface area contributed by atoms with Crippen molar-refractivity contribution in [3.8, 4) is 0 Å². The van der Waals surface area contributed by atoms with E-state index in [1.807, 2.05) is 6.07 Å². The van der Waals surface area contributed by atoms with Gasteiger partial charge in [-0.25, -0.2) is 9.97 Å². The first-order chi connectivity index (χ1) is 6.14. The fourth-order valence-electron chi connectivity index (χ4n) is 0.658. The highest BCUT2D eigenvalue weighted by Gasteiger charge is 2.16. The second kappa shape index (κ2) is 4.96. The Balaban J connectivity index is 2.44. The molecule has 0 aliphatic carbocycles. The van der Waals surface area contributed by atoms with Crippen molar-refractivity contribution < 1.29 is 0 Å². The second-order valence-electron chi connectivity index (χ2n) is 3.62. The minimum Gasteiger partial charge on any atom is -0.231 e. The highest BCUT2D eigenvalue weighted by molar-refractivity contribution is 9.09. The topological polar surface area (TPSA) is 25.8 Å². The van der Waals surface area contributed by atoms with E-state index in [-0.39, 0.29) is 0 Å². The molecule has 0 atom stereocenters. The molecule has 0 aliphatic heterocycles. The van der Waals surface area contributed by atoms with Crippen LogP contribution in [0.15, 0.2) is 23.6 Å². The second-order valence-corrected chi connectivity index (χ2v) is 5.12. The molecule has 0 aliphatic rings. The van der Waals surface area contributed by atoms with Gasteiger partial charge in [0.1, 0.15) is 0 Å². The van der Waals surface area contributed by atoms with Gasteiger partial charge in [0.15, 0.2) is 5.16 Å². The van der Waals surface area contributed by atoms with Gasteiger partial charge in [-0.05, 0) is 11.5 Å². The summed E-state index contributed by atoms with van der Waals surface area (Å²) in [6, 6.07) is 1.83. The lowest BCUT2D eigenvalue weighted by atomic mass is 10.0. The first-order valence-corrected chi connectivity index (χ1v) is 6.20. The molecule has 0 fully saturated rings. The fourth-order valence-corrected chi connectivity index (χ4v) is 2.01. The van der Waals surface area contributed by atoms with Crippen LogP contribution in [0.3, 0.4) is 0 Å². The van der Waals surface area contributed by atoms with Crippen molar-refractivity contribution in [1.29, 1.82) is 0 Å². The highest BCUT2D eigenvalue weighted by atomic mass is 79.9. The maximum atomic E-state index is 4.15. The highest BCUT2D eigenvalue weighted by Crippen LogP contribution is 2.26. The molecule has 1 heterocycles. The molecule has 1 aromatic rings. The zero-order valence-electron chi connectivity index (χ0n) is 7.83. The van der Waals surface area contributed by atoms with Crippen LogP contribution in [0, 0.1) is 5.41 Å². The van der Waals surface area contributed by atoms with Gasteiger partial charge in [-0.2, -0.15) is 0 Å². The van der Waals surface area contributed by atoms with Gasteiger partial charge in [0, 0.05) is 23.5 Å². The molecule has 4 heteroatoms. The maximum Gasteiger partial charge on any atom is 0.187 e. The Morgan fingerprint density at radius 2 is 2.00 bits per heavy atom. The summed E-state index contributed by atoms with van der Waals surface area (Å²) in [7, 11) is 0. The van der Waals surface area contributed by atoms with E-state index in [0.717, 1.165) is 16.2 Å². The minimum atomic E-state index is 0.296. The average molecular weight is 261 g/mol. The number of nitrogens with zero attached hydrogens (tertiary/aromatic N) is 2. The van der Waals surface area contributed by atoms with Crippen LogP contribution >= 0.6 is 27.7 Å². The summed E-state index contributed by atoms with van der Waals surface area (Å²) in [6.45, 7) is 4.44. The third-order valence-corrected chi connectivity index (χ3v) is 4.41. The Labute approximate surface area is 91.7 Å². The van der Waals surface area contributed by atoms with Crippen molar-refractivity contribution in [3.63, 3.8) is 0 Å². The summed E-state index contributed by atoms with van der Waals surface area (Å²) in [5.74, 6) is 1.03. The number of thioether (sulfide) groups is 1. The molecule has 13 heavy (non-hydrogen) atoms. The Bertz CT molecular complexity index is 251. The predicted octanol–water partition coefficient (Wildman–Crippen LogP) is 2.99. The van der Waals surface area contributed by atoms with Crippen molar-refractivity contribution in [2.24, 2.45) is 5.41 Å². The van der Waals surface area contributed by atoms with Crippen LogP contribution in [0.5, 0.6) is 0 Å². The van der Waals surface area contributed by atoms with Gasteiger partial charge in [0.05, 0.1) is 0 Å². The van der Waals surface area contributed by atoms with Gasteiger partial charge in [-0.15, -0.1) is 0 Å². The van der Waals surface area contributed by atoms with Gasteiger partial charge in [-0.1, -0.05) is 41.5 Å². The molecule has 0 aromatic carbocycles. The van der Waals surface area contributed by atoms with Crippen molar-refractivity contribution in [1.82, 2.24) is 9.97 Å². The van der Waals surface area contributed by atoms with E-state index >= 15 is 0 Å². The van der Waals surface area contributed by atoms with Crippen LogP contribution in [0.2, 0.25) is 0 Å². The molecule has 0 unspecified atom stereocenters. The molecule has 1 rings (SSSR count). The summed E-state index contributed by atoms with van der Waals surface area (Å²) in [4.78, 5) is 8.31. The zero-order valence-corrected chi connectivity index (χ0v) is 10.2. The van der Waals surface area contributed by atoms with Crippen LogP contribution in [-0.2, 0) is 0 Å². The minimum absolute atomic E-state index is 0.296. The summed E-state index contributed by atoms with van der Waals surface area (Å²) in [5, 5.41) is 1.86. The van der Waals surface area contributed by atoms with E-state index in [1.54, 1.807) is 24.2 Å². The molecular formula is C9H13BrN2S. The smallest absolute Gasteiger partial charge is 0.187 e. The van der Waals surface area contributed by atoms with Gasteiger partial charge in [0.2, 0.25) is 0 Å². The lowest BCUT2D eigenvalue weighted by Crippen LogP contribution is -2.16. The number of rotatable bonds is 4. The number of halogens is 1. The molecule has 0 bridgehead atoms. The molecule has 0 N–H and O–H groups in total.